The molecule has 5 heteroatoms. The van der Waals surface area contributed by atoms with E-state index in [-0.39, 0.29) is 5.92 Å². The van der Waals surface area contributed by atoms with Crippen molar-refractivity contribution >= 4 is 17.8 Å². The zero-order valence-corrected chi connectivity index (χ0v) is 8.51. The minimum Gasteiger partial charge on any atom is -0.277 e. The number of carbonyl (C=O) groups is 3. The summed E-state index contributed by atoms with van der Waals surface area (Å²) in [4.78, 5) is 33.8. The number of carbonyl (C=O) groups excluding carboxylic acids is 3. The first kappa shape index (κ1) is 10.7. The fraction of sp³-hybridized carbons (Fsp3) is 0.667. The van der Waals surface area contributed by atoms with E-state index in [2.05, 4.69) is 10.6 Å². The van der Waals surface area contributed by atoms with Gasteiger partial charge in [0.05, 0.1) is 0 Å². The van der Waals surface area contributed by atoms with Crippen LogP contribution in [0.5, 0.6) is 0 Å². The smallest absolute Gasteiger partial charge is 0.277 e. The number of urea groups is 1. The van der Waals surface area contributed by atoms with Crippen LogP contribution < -0.4 is 10.6 Å². The molecule has 0 aromatic heterocycles. The third-order valence-electron chi connectivity index (χ3n) is 2.27. The highest BCUT2D eigenvalue weighted by molar-refractivity contribution is 6.18. The lowest BCUT2D eigenvalue weighted by molar-refractivity contribution is -0.144. The van der Waals surface area contributed by atoms with Crippen molar-refractivity contribution < 1.29 is 14.4 Å². The molecule has 78 valence electrons. The van der Waals surface area contributed by atoms with Gasteiger partial charge in [-0.05, 0) is 19.3 Å². The van der Waals surface area contributed by atoms with Gasteiger partial charge in [0.1, 0.15) is 5.41 Å². The van der Waals surface area contributed by atoms with Gasteiger partial charge in [0.15, 0.2) is 0 Å². The van der Waals surface area contributed by atoms with Crippen molar-refractivity contribution in [1.82, 2.24) is 10.6 Å². The second-order valence-corrected chi connectivity index (χ2v) is 4.17. The van der Waals surface area contributed by atoms with Crippen molar-refractivity contribution in [3.63, 3.8) is 0 Å². The summed E-state index contributed by atoms with van der Waals surface area (Å²) in [7, 11) is 0. The molecule has 0 spiro atoms. The van der Waals surface area contributed by atoms with Crippen LogP contribution in [0.3, 0.4) is 0 Å². The lowest BCUT2D eigenvalue weighted by atomic mass is 9.79. The van der Waals surface area contributed by atoms with E-state index in [1.54, 1.807) is 6.92 Å². The summed E-state index contributed by atoms with van der Waals surface area (Å²) < 4.78 is 0. The van der Waals surface area contributed by atoms with Crippen LogP contribution >= 0.6 is 0 Å². The first-order chi connectivity index (χ1) is 6.36. The number of rotatable bonds is 2. The molecule has 0 bridgehead atoms. The maximum atomic E-state index is 11.5. The van der Waals surface area contributed by atoms with Gasteiger partial charge in [-0.15, -0.1) is 0 Å². The Morgan fingerprint density at radius 2 is 1.57 bits per heavy atom. The summed E-state index contributed by atoms with van der Waals surface area (Å²) in [5.41, 5.74) is -1.12. The number of barbiturate groups is 1. The molecule has 0 aromatic carbocycles. The van der Waals surface area contributed by atoms with Crippen LogP contribution in [0.1, 0.15) is 27.2 Å². The molecule has 1 heterocycles. The Morgan fingerprint density at radius 1 is 1.14 bits per heavy atom. The number of nitrogens with one attached hydrogen (secondary N) is 2. The summed E-state index contributed by atoms with van der Waals surface area (Å²) in [5.74, 6) is -0.815. The van der Waals surface area contributed by atoms with Crippen LogP contribution in [0.15, 0.2) is 0 Å². The second kappa shape index (κ2) is 3.40. The van der Waals surface area contributed by atoms with E-state index in [0.717, 1.165) is 0 Å². The molecule has 1 aliphatic heterocycles. The molecular weight excluding hydrogens is 184 g/mol. The Morgan fingerprint density at radius 3 is 1.93 bits per heavy atom. The predicted octanol–water partition coefficient (Wildman–Crippen LogP) is 0.405. The third kappa shape index (κ3) is 1.76. The van der Waals surface area contributed by atoms with Crippen molar-refractivity contribution in [2.75, 3.05) is 0 Å². The van der Waals surface area contributed by atoms with Crippen molar-refractivity contribution in [3.8, 4) is 0 Å². The topological polar surface area (TPSA) is 75.3 Å². The highest BCUT2D eigenvalue weighted by Crippen LogP contribution is 2.28. The molecule has 1 fully saturated rings. The van der Waals surface area contributed by atoms with Gasteiger partial charge in [-0.3, -0.25) is 20.2 Å². The van der Waals surface area contributed by atoms with E-state index in [1.165, 1.54) is 0 Å². The van der Waals surface area contributed by atoms with Crippen LogP contribution in [-0.2, 0) is 9.59 Å². The predicted molar refractivity (Wildman–Crippen MR) is 49.2 cm³/mol. The minimum absolute atomic E-state index is 0.213. The average molecular weight is 198 g/mol. The molecule has 1 aliphatic rings. The quantitative estimate of drug-likeness (QED) is 0.631. The molecule has 0 aliphatic carbocycles. The van der Waals surface area contributed by atoms with Crippen LogP contribution in [0.25, 0.3) is 0 Å². The standard InChI is InChI=1S/C9H14N2O3/c1-5(2)4-9(3)6(12)10-8(14)11-7(9)13/h5H,4H2,1-3H3,(H2,10,11,12,13,14). The molecule has 0 unspecified atom stereocenters. The monoisotopic (exact) mass is 198 g/mol. The first-order valence-electron chi connectivity index (χ1n) is 4.53. The average Bonchev–Trinajstić information content (AvgIpc) is 1.99. The van der Waals surface area contributed by atoms with E-state index in [0.29, 0.717) is 6.42 Å². The fourth-order valence-electron chi connectivity index (χ4n) is 1.62. The Labute approximate surface area is 82.2 Å². The van der Waals surface area contributed by atoms with Crippen molar-refractivity contribution in [2.24, 2.45) is 11.3 Å². The SMILES string of the molecule is CC(C)CC1(C)C(=O)NC(=O)NC1=O. The lowest BCUT2D eigenvalue weighted by Gasteiger charge is -2.31. The Balaban J connectivity index is 2.90. The molecule has 0 saturated carbocycles. The molecule has 0 atom stereocenters. The maximum Gasteiger partial charge on any atom is 0.328 e. The number of hydrogen-bond acceptors (Lipinski definition) is 3. The van der Waals surface area contributed by atoms with Gasteiger partial charge in [0.25, 0.3) is 0 Å². The largest absolute Gasteiger partial charge is 0.328 e. The fourth-order valence-corrected chi connectivity index (χ4v) is 1.62. The van der Waals surface area contributed by atoms with Crippen LogP contribution in [0, 0.1) is 11.3 Å². The van der Waals surface area contributed by atoms with E-state index in [9.17, 15) is 14.4 Å². The molecule has 0 radical (unpaired) electrons. The Bertz CT molecular complexity index is 276. The lowest BCUT2D eigenvalue weighted by Crippen LogP contribution is -2.61. The van der Waals surface area contributed by atoms with Gasteiger partial charge in [-0.2, -0.15) is 0 Å². The number of amides is 4. The van der Waals surface area contributed by atoms with Crippen molar-refractivity contribution in [3.05, 3.63) is 0 Å². The minimum atomic E-state index is -1.12. The van der Waals surface area contributed by atoms with Crippen LogP contribution in [0.4, 0.5) is 4.79 Å². The molecular formula is C9H14N2O3. The summed E-state index contributed by atoms with van der Waals surface area (Å²) in [6.45, 7) is 5.38. The van der Waals surface area contributed by atoms with E-state index < -0.39 is 23.3 Å². The third-order valence-corrected chi connectivity index (χ3v) is 2.27. The van der Waals surface area contributed by atoms with Gasteiger partial charge in [0, 0.05) is 0 Å². The van der Waals surface area contributed by atoms with Gasteiger partial charge in [0.2, 0.25) is 11.8 Å². The van der Waals surface area contributed by atoms with E-state index in [4.69, 9.17) is 0 Å². The van der Waals surface area contributed by atoms with Gasteiger partial charge >= 0.3 is 6.03 Å². The zero-order valence-electron chi connectivity index (χ0n) is 8.51. The molecule has 14 heavy (non-hydrogen) atoms. The molecule has 4 amide bonds. The highest BCUT2D eigenvalue weighted by Gasteiger charge is 2.46. The first-order valence-corrected chi connectivity index (χ1v) is 4.53. The zero-order chi connectivity index (χ0) is 10.9. The van der Waals surface area contributed by atoms with Gasteiger partial charge in [-0.1, -0.05) is 13.8 Å². The summed E-state index contributed by atoms with van der Waals surface area (Å²) in [6, 6.07) is -0.735. The number of hydrogen-bond donors (Lipinski definition) is 2. The molecule has 5 nitrogen and oxygen atoms in total. The normalized spacial score (nSPS) is 20.7. The summed E-state index contributed by atoms with van der Waals surface area (Å²) in [5, 5.41) is 4.19. The molecule has 2 N–H and O–H groups in total. The van der Waals surface area contributed by atoms with Crippen molar-refractivity contribution in [1.29, 1.82) is 0 Å². The van der Waals surface area contributed by atoms with Crippen LogP contribution in [0.2, 0.25) is 0 Å². The Kier molecular flexibility index (Phi) is 2.59. The van der Waals surface area contributed by atoms with E-state index in [1.807, 2.05) is 13.8 Å². The molecule has 0 aromatic rings. The van der Waals surface area contributed by atoms with Gasteiger partial charge in [-0.25, -0.2) is 4.79 Å². The highest BCUT2D eigenvalue weighted by atomic mass is 16.2. The van der Waals surface area contributed by atoms with Crippen LogP contribution in [-0.4, -0.2) is 17.8 Å². The summed E-state index contributed by atoms with van der Waals surface area (Å²) >= 11 is 0. The molecule has 1 rings (SSSR count). The molecule has 1 saturated heterocycles. The second-order valence-electron chi connectivity index (χ2n) is 4.17. The summed E-state index contributed by atoms with van der Waals surface area (Å²) in [6.07, 6.45) is 0.429. The Hall–Kier alpha value is -1.39. The van der Waals surface area contributed by atoms with E-state index >= 15 is 0 Å². The maximum absolute atomic E-state index is 11.5. The van der Waals surface area contributed by atoms with Gasteiger partial charge < -0.3 is 0 Å². The van der Waals surface area contributed by atoms with Crippen molar-refractivity contribution in [2.45, 2.75) is 27.2 Å². The number of imide groups is 2.